The van der Waals surface area contributed by atoms with E-state index in [9.17, 15) is 9.59 Å². The number of nitrogens with zero attached hydrogens (tertiary/aromatic N) is 4. The van der Waals surface area contributed by atoms with Gasteiger partial charge in [0.15, 0.2) is 5.82 Å². The fourth-order valence-corrected chi connectivity index (χ4v) is 3.10. The van der Waals surface area contributed by atoms with Crippen LogP contribution in [-0.4, -0.2) is 57.4 Å². The van der Waals surface area contributed by atoms with Gasteiger partial charge in [0.1, 0.15) is 0 Å². The smallest absolute Gasteiger partial charge is 0.242 e. The zero-order valence-electron chi connectivity index (χ0n) is 13.2. The Morgan fingerprint density at radius 2 is 2.04 bits per heavy atom. The van der Waals surface area contributed by atoms with Crippen molar-refractivity contribution in [2.24, 2.45) is 0 Å². The summed E-state index contributed by atoms with van der Waals surface area (Å²) < 4.78 is 5.21. The molecule has 0 N–H and O–H groups in total. The predicted octanol–water partition coefficient (Wildman–Crippen LogP) is 1.10. The van der Waals surface area contributed by atoms with E-state index in [0.717, 1.165) is 31.5 Å². The lowest BCUT2D eigenvalue weighted by Gasteiger charge is -2.34. The van der Waals surface area contributed by atoms with Crippen LogP contribution in [0.3, 0.4) is 0 Å². The highest BCUT2D eigenvalue weighted by Gasteiger charge is 2.36. The Hall–Kier alpha value is -1.92. The molecule has 0 radical (unpaired) electrons. The highest BCUT2D eigenvalue weighted by molar-refractivity contribution is 5.86. The van der Waals surface area contributed by atoms with Crippen molar-refractivity contribution in [1.29, 1.82) is 0 Å². The summed E-state index contributed by atoms with van der Waals surface area (Å²) in [4.78, 5) is 32.3. The Morgan fingerprint density at radius 1 is 1.22 bits per heavy atom. The first-order chi connectivity index (χ1) is 11.2. The summed E-state index contributed by atoms with van der Waals surface area (Å²) in [5.74, 6) is 2.07. The molecule has 1 aromatic rings. The number of hydrogen-bond donors (Lipinski definition) is 0. The first kappa shape index (κ1) is 14.7. The number of aromatic nitrogens is 2. The van der Waals surface area contributed by atoms with Crippen LogP contribution in [0.5, 0.6) is 0 Å². The molecule has 2 aliphatic carbocycles. The molecule has 1 aliphatic heterocycles. The quantitative estimate of drug-likeness (QED) is 0.785. The van der Waals surface area contributed by atoms with E-state index in [2.05, 4.69) is 10.1 Å². The van der Waals surface area contributed by atoms with Gasteiger partial charge in [-0.2, -0.15) is 4.98 Å². The minimum absolute atomic E-state index is 0.0516. The van der Waals surface area contributed by atoms with Crippen LogP contribution in [0.25, 0.3) is 0 Å². The van der Waals surface area contributed by atoms with E-state index in [0.29, 0.717) is 50.2 Å². The molecule has 0 bridgehead atoms. The van der Waals surface area contributed by atoms with Crippen molar-refractivity contribution in [1.82, 2.24) is 19.9 Å². The number of carbonyl (C=O) groups excluding carboxylic acids is 2. The molecule has 2 amide bonds. The summed E-state index contributed by atoms with van der Waals surface area (Å²) in [7, 11) is 0. The van der Waals surface area contributed by atoms with Gasteiger partial charge in [-0.3, -0.25) is 9.59 Å². The summed E-state index contributed by atoms with van der Waals surface area (Å²) in [5.41, 5.74) is 0. The SMILES string of the molecule is O=C(CCCc1nc(C2CC2)no1)N1CCN(C2CC2)C(=O)C1. The lowest BCUT2D eigenvalue weighted by molar-refractivity contribution is -0.145. The van der Waals surface area contributed by atoms with Gasteiger partial charge in [0, 0.05) is 37.9 Å². The van der Waals surface area contributed by atoms with Crippen LogP contribution in [0.1, 0.15) is 56.2 Å². The molecule has 124 valence electrons. The standard InChI is InChI=1S/C16H22N4O3/c21-14(19-8-9-20(12-6-7-12)15(22)10-19)3-1-2-13-17-16(18-23-13)11-4-5-11/h11-12H,1-10H2. The van der Waals surface area contributed by atoms with E-state index in [4.69, 9.17) is 4.52 Å². The average Bonchev–Trinajstić information content (AvgIpc) is 3.46. The Balaban J connectivity index is 1.21. The van der Waals surface area contributed by atoms with Crippen molar-refractivity contribution >= 4 is 11.8 Å². The van der Waals surface area contributed by atoms with Gasteiger partial charge < -0.3 is 14.3 Å². The zero-order valence-corrected chi connectivity index (χ0v) is 13.2. The Morgan fingerprint density at radius 3 is 2.74 bits per heavy atom. The minimum atomic E-state index is 0.0516. The summed E-state index contributed by atoms with van der Waals surface area (Å²) in [6.45, 7) is 1.58. The second kappa shape index (κ2) is 5.94. The number of hydrogen-bond acceptors (Lipinski definition) is 5. The molecule has 0 unspecified atom stereocenters. The summed E-state index contributed by atoms with van der Waals surface area (Å²) in [5, 5.41) is 3.97. The topological polar surface area (TPSA) is 79.5 Å². The molecule has 7 heteroatoms. The van der Waals surface area contributed by atoms with Crippen LogP contribution in [0, 0.1) is 0 Å². The lowest BCUT2D eigenvalue weighted by atomic mass is 10.2. The third-order valence-corrected chi connectivity index (χ3v) is 4.81. The van der Waals surface area contributed by atoms with Gasteiger partial charge in [-0.25, -0.2) is 0 Å². The highest BCUT2D eigenvalue weighted by Crippen LogP contribution is 2.38. The van der Waals surface area contributed by atoms with Crippen molar-refractivity contribution in [3.8, 4) is 0 Å². The fourth-order valence-electron chi connectivity index (χ4n) is 3.10. The zero-order chi connectivity index (χ0) is 15.8. The molecule has 1 aromatic heterocycles. The van der Waals surface area contributed by atoms with E-state index in [1.165, 1.54) is 0 Å². The Kier molecular flexibility index (Phi) is 3.79. The molecule has 0 spiro atoms. The molecular formula is C16H22N4O3. The van der Waals surface area contributed by atoms with E-state index in [1.807, 2.05) is 4.90 Å². The van der Waals surface area contributed by atoms with E-state index in [-0.39, 0.29) is 18.4 Å². The number of carbonyl (C=O) groups is 2. The van der Waals surface area contributed by atoms with E-state index in [1.54, 1.807) is 4.90 Å². The molecule has 1 saturated heterocycles. The summed E-state index contributed by atoms with van der Waals surface area (Å²) >= 11 is 0. The first-order valence-electron chi connectivity index (χ1n) is 8.60. The second-order valence-electron chi connectivity index (χ2n) is 6.81. The van der Waals surface area contributed by atoms with E-state index >= 15 is 0 Å². The summed E-state index contributed by atoms with van der Waals surface area (Å²) in [6.07, 6.45) is 6.28. The van der Waals surface area contributed by atoms with Gasteiger partial charge in [-0.05, 0) is 32.1 Å². The van der Waals surface area contributed by atoms with Crippen molar-refractivity contribution in [3.05, 3.63) is 11.7 Å². The predicted molar refractivity (Wildman–Crippen MR) is 80.5 cm³/mol. The first-order valence-corrected chi connectivity index (χ1v) is 8.60. The molecule has 0 atom stereocenters. The molecule has 3 aliphatic rings. The van der Waals surface area contributed by atoms with Gasteiger partial charge in [0.25, 0.3) is 0 Å². The fraction of sp³-hybridized carbons (Fsp3) is 0.750. The van der Waals surface area contributed by atoms with Crippen molar-refractivity contribution in [2.75, 3.05) is 19.6 Å². The number of amides is 2. The van der Waals surface area contributed by atoms with Crippen LogP contribution in [0.4, 0.5) is 0 Å². The molecule has 2 saturated carbocycles. The third-order valence-electron chi connectivity index (χ3n) is 4.81. The van der Waals surface area contributed by atoms with Gasteiger partial charge in [0.05, 0.1) is 6.54 Å². The van der Waals surface area contributed by atoms with Crippen LogP contribution >= 0.6 is 0 Å². The lowest BCUT2D eigenvalue weighted by Crippen LogP contribution is -2.52. The van der Waals surface area contributed by atoms with E-state index < -0.39 is 0 Å². The van der Waals surface area contributed by atoms with Crippen LogP contribution < -0.4 is 0 Å². The number of aryl methyl sites for hydroxylation is 1. The van der Waals surface area contributed by atoms with Crippen molar-refractivity contribution < 1.29 is 14.1 Å². The number of piperazine rings is 1. The Bertz CT molecular complexity index is 606. The Labute approximate surface area is 135 Å². The average molecular weight is 318 g/mol. The molecule has 7 nitrogen and oxygen atoms in total. The molecule has 0 aromatic carbocycles. The van der Waals surface area contributed by atoms with Crippen LogP contribution in [0.15, 0.2) is 4.52 Å². The van der Waals surface area contributed by atoms with Crippen molar-refractivity contribution in [2.45, 2.75) is 56.9 Å². The van der Waals surface area contributed by atoms with Crippen molar-refractivity contribution in [3.63, 3.8) is 0 Å². The maximum atomic E-state index is 12.2. The molecular weight excluding hydrogens is 296 g/mol. The van der Waals surface area contributed by atoms with Crippen LogP contribution in [-0.2, 0) is 16.0 Å². The van der Waals surface area contributed by atoms with Gasteiger partial charge >= 0.3 is 0 Å². The number of rotatable bonds is 6. The summed E-state index contributed by atoms with van der Waals surface area (Å²) in [6, 6.07) is 0.443. The normalized spacial score (nSPS) is 21.8. The molecule has 23 heavy (non-hydrogen) atoms. The molecule has 4 rings (SSSR count). The maximum absolute atomic E-state index is 12.2. The van der Waals surface area contributed by atoms with Gasteiger partial charge in [0.2, 0.25) is 17.7 Å². The molecule has 3 fully saturated rings. The third kappa shape index (κ3) is 3.38. The molecule has 2 heterocycles. The highest BCUT2D eigenvalue weighted by atomic mass is 16.5. The maximum Gasteiger partial charge on any atom is 0.242 e. The van der Waals surface area contributed by atoms with Gasteiger partial charge in [-0.15, -0.1) is 0 Å². The largest absolute Gasteiger partial charge is 0.339 e. The minimum Gasteiger partial charge on any atom is -0.339 e. The second-order valence-corrected chi connectivity index (χ2v) is 6.81. The monoisotopic (exact) mass is 318 g/mol. The van der Waals surface area contributed by atoms with Crippen LogP contribution in [0.2, 0.25) is 0 Å². The van der Waals surface area contributed by atoms with Gasteiger partial charge in [-0.1, -0.05) is 5.16 Å².